The minimum absolute atomic E-state index is 0.268. The van der Waals surface area contributed by atoms with Gasteiger partial charge in [0.2, 0.25) is 0 Å². The van der Waals surface area contributed by atoms with Crippen LogP contribution in [-0.2, 0) is 0 Å². The molecule has 94 valence electrons. The summed E-state index contributed by atoms with van der Waals surface area (Å²) in [7, 11) is 2.08. The Hall–Kier alpha value is -2.01. The van der Waals surface area contributed by atoms with Crippen molar-refractivity contribution in [3.8, 4) is 16.9 Å². The van der Waals surface area contributed by atoms with E-state index < -0.39 is 0 Å². The molecule has 2 aromatic rings. The molecule has 0 spiro atoms. The van der Waals surface area contributed by atoms with Crippen LogP contribution in [0.5, 0.6) is 5.75 Å². The molecule has 0 bridgehead atoms. The van der Waals surface area contributed by atoms with Gasteiger partial charge in [0.05, 0.1) is 6.20 Å². The first-order valence-corrected chi connectivity index (χ1v) is 5.97. The van der Waals surface area contributed by atoms with Crippen molar-refractivity contribution in [2.45, 2.75) is 6.10 Å². The second-order valence-electron chi connectivity index (χ2n) is 4.65. The fourth-order valence-corrected chi connectivity index (χ4v) is 2.20. The van der Waals surface area contributed by atoms with Gasteiger partial charge in [-0.2, -0.15) is 5.10 Å². The maximum absolute atomic E-state index is 5.99. The highest BCUT2D eigenvalue weighted by Gasteiger charge is 2.25. The topological polar surface area (TPSA) is 67.2 Å². The number of likely N-dealkylation sites (tertiary alicyclic amines) is 1. The van der Waals surface area contributed by atoms with Crippen molar-refractivity contribution in [1.29, 1.82) is 0 Å². The van der Waals surface area contributed by atoms with Crippen LogP contribution in [0.4, 0.5) is 5.82 Å². The van der Waals surface area contributed by atoms with E-state index in [1.54, 1.807) is 6.20 Å². The number of ether oxygens (including phenoxy) is 1. The molecule has 1 aromatic heterocycles. The molecule has 0 aliphatic carbocycles. The lowest BCUT2D eigenvalue weighted by molar-refractivity contribution is 0.0392. The van der Waals surface area contributed by atoms with Gasteiger partial charge in [-0.05, 0) is 13.1 Å². The normalized spacial score (nSPS) is 16.5. The van der Waals surface area contributed by atoms with E-state index in [0.29, 0.717) is 5.82 Å². The molecule has 2 heterocycles. The number of H-pyrrole nitrogens is 1. The number of benzene rings is 1. The summed E-state index contributed by atoms with van der Waals surface area (Å²) in [5.41, 5.74) is 7.73. The van der Waals surface area contributed by atoms with Gasteiger partial charge in [0.25, 0.3) is 0 Å². The molecular weight excluding hydrogens is 228 g/mol. The Labute approximate surface area is 106 Å². The number of anilines is 1. The number of nitrogen functional groups attached to an aromatic ring is 1. The van der Waals surface area contributed by atoms with Crippen LogP contribution in [0.15, 0.2) is 30.5 Å². The van der Waals surface area contributed by atoms with E-state index in [1.165, 1.54) is 0 Å². The standard InChI is InChI=1S/C13H16N4O/c1-17-7-9(8-17)18-12-5-3-2-4-10(12)11-6-15-16-13(11)14/h2-6,9H,7-8H2,1H3,(H3,14,15,16). The number of likely N-dealkylation sites (N-methyl/N-ethyl adjacent to an activating group) is 1. The second-order valence-corrected chi connectivity index (χ2v) is 4.65. The van der Waals surface area contributed by atoms with E-state index in [2.05, 4.69) is 22.1 Å². The molecule has 5 heteroatoms. The summed E-state index contributed by atoms with van der Waals surface area (Å²) in [6.45, 7) is 1.93. The van der Waals surface area contributed by atoms with Crippen molar-refractivity contribution >= 4 is 5.82 Å². The first-order valence-electron chi connectivity index (χ1n) is 5.97. The quantitative estimate of drug-likeness (QED) is 0.855. The van der Waals surface area contributed by atoms with Gasteiger partial charge < -0.3 is 10.5 Å². The van der Waals surface area contributed by atoms with Crippen LogP contribution in [0.1, 0.15) is 0 Å². The molecule has 0 saturated carbocycles. The lowest BCUT2D eigenvalue weighted by atomic mass is 10.1. The highest BCUT2D eigenvalue weighted by molar-refractivity contribution is 5.77. The Bertz CT molecular complexity index is 545. The SMILES string of the molecule is CN1CC(Oc2ccccc2-c2cn[nH]c2N)C1. The Balaban J connectivity index is 1.88. The molecule has 18 heavy (non-hydrogen) atoms. The zero-order valence-corrected chi connectivity index (χ0v) is 10.3. The van der Waals surface area contributed by atoms with Gasteiger partial charge in [-0.3, -0.25) is 10.00 Å². The molecule has 1 saturated heterocycles. The Morgan fingerprint density at radius 1 is 1.33 bits per heavy atom. The van der Waals surface area contributed by atoms with Crippen LogP contribution < -0.4 is 10.5 Å². The van der Waals surface area contributed by atoms with Crippen LogP contribution >= 0.6 is 0 Å². The molecular formula is C13H16N4O. The molecule has 0 unspecified atom stereocenters. The van der Waals surface area contributed by atoms with Gasteiger partial charge in [-0.15, -0.1) is 0 Å². The van der Waals surface area contributed by atoms with Gasteiger partial charge in [-0.25, -0.2) is 0 Å². The summed E-state index contributed by atoms with van der Waals surface area (Å²) in [6, 6.07) is 7.91. The molecule has 3 rings (SSSR count). The van der Waals surface area contributed by atoms with Gasteiger partial charge in [-0.1, -0.05) is 18.2 Å². The lowest BCUT2D eigenvalue weighted by Crippen LogP contribution is -2.51. The Morgan fingerprint density at radius 2 is 2.11 bits per heavy atom. The molecule has 5 nitrogen and oxygen atoms in total. The van der Waals surface area contributed by atoms with Crippen molar-refractivity contribution < 1.29 is 4.74 Å². The number of nitrogens with zero attached hydrogens (tertiary/aromatic N) is 2. The first-order chi connectivity index (χ1) is 8.74. The minimum atomic E-state index is 0.268. The van der Waals surface area contributed by atoms with Crippen molar-refractivity contribution in [3.05, 3.63) is 30.5 Å². The number of hydrogen-bond donors (Lipinski definition) is 2. The molecule has 0 amide bonds. The molecule has 1 aromatic carbocycles. The Kier molecular flexibility index (Phi) is 2.68. The third-order valence-electron chi connectivity index (χ3n) is 3.17. The molecule has 0 radical (unpaired) electrons. The van der Waals surface area contributed by atoms with E-state index in [1.807, 2.05) is 24.3 Å². The summed E-state index contributed by atoms with van der Waals surface area (Å²) in [5.74, 6) is 1.43. The predicted molar refractivity (Wildman–Crippen MR) is 70.3 cm³/mol. The average Bonchev–Trinajstić information content (AvgIpc) is 2.74. The maximum Gasteiger partial charge on any atom is 0.127 e. The summed E-state index contributed by atoms with van der Waals surface area (Å²) in [4.78, 5) is 2.22. The molecule has 1 aliphatic heterocycles. The van der Waals surface area contributed by atoms with E-state index in [9.17, 15) is 0 Å². The van der Waals surface area contributed by atoms with Crippen LogP contribution in [-0.4, -0.2) is 41.3 Å². The zero-order valence-electron chi connectivity index (χ0n) is 10.3. The summed E-state index contributed by atoms with van der Waals surface area (Å²) >= 11 is 0. The third kappa shape index (κ3) is 1.93. The van der Waals surface area contributed by atoms with E-state index in [0.717, 1.165) is 30.0 Å². The van der Waals surface area contributed by atoms with E-state index in [4.69, 9.17) is 10.5 Å². The van der Waals surface area contributed by atoms with Gasteiger partial charge in [0.1, 0.15) is 17.7 Å². The van der Waals surface area contributed by atoms with Gasteiger partial charge in [0.15, 0.2) is 0 Å². The van der Waals surface area contributed by atoms with Crippen molar-refractivity contribution in [2.75, 3.05) is 25.9 Å². The summed E-state index contributed by atoms with van der Waals surface area (Å²) < 4.78 is 5.99. The van der Waals surface area contributed by atoms with Crippen molar-refractivity contribution in [3.63, 3.8) is 0 Å². The van der Waals surface area contributed by atoms with Crippen LogP contribution in [0.2, 0.25) is 0 Å². The minimum Gasteiger partial charge on any atom is -0.487 e. The van der Waals surface area contributed by atoms with Gasteiger partial charge >= 0.3 is 0 Å². The number of aromatic amines is 1. The van der Waals surface area contributed by atoms with Crippen LogP contribution in [0.3, 0.4) is 0 Å². The fraction of sp³-hybridized carbons (Fsp3) is 0.308. The summed E-state index contributed by atoms with van der Waals surface area (Å²) in [6.07, 6.45) is 1.99. The number of nitrogens with one attached hydrogen (secondary N) is 1. The van der Waals surface area contributed by atoms with Crippen molar-refractivity contribution in [2.24, 2.45) is 0 Å². The molecule has 1 fully saturated rings. The maximum atomic E-state index is 5.99. The Morgan fingerprint density at radius 3 is 2.78 bits per heavy atom. The second kappa shape index (κ2) is 4.34. The fourth-order valence-electron chi connectivity index (χ4n) is 2.20. The number of para-hydroxylation sites is 1. The van der Waals surface area contributed by atoms with Crippen LogP contribution in [0.25, 0.3) is 11.1 Å². The molecule has 3 N–H and O–H groups in total. The predicted octanol–water partition coefficient (Wildman–Crippen LogP) is 1.35. The van der Waals surface area contributed by atoms with Crippen LogP contribution in [0, 0.1) is 0 Å². The van der Waals surface area contributed by atoms with E-state index >= 15 is 0 Å². The van der Waals surface area contributed by atoms with Crippen molar-refractivity contribution in [1.82, 2.24) is 15.1 Å². The zero-order chi connectivity index (χ0) is 12.5. The van der Waals surface area contributed by atoms with E-state index in [-0.39, 0.29) is 6.10 Å². The summed E-state index contributed by atoms with van der Waals surface area (Å²) in [5, 5.41) is 6.70. The highest BCUT2D eigenvalue weighted by atomic mass is 16.5. The highest BCUT2D eigenvalue weighted by Crippen LogP contribution is 2.33. The molecule has 0 atom stereocenters. The third-order valence-corrected chi connectivity index (χ3v) is 3.17. The number of nitrogens with two attached hydrogens (primary N) is 1. The average molecular weight is 244 g/mol. The largest absolute Gasteiger partial charge is 0.487 e. The number of aromatic nitrogens is 2. The molecule has 1 aliphatic rings. The smallest absolute Gasteiger partial charge is 0.127 e. The lowest BCUT2D eigenvalue weighted by Gasteiger charge is -2.36. The van der Waals surface area contributed by atoms with Gasteiger partial charge in [0, 0.05) is 24.2 Å². The monoisotopic (exact) mass is 244 g/mol. The number of rotatable bonds is 3. The first kappa shape index (κ1) is 11.1. The number of hydrogen-bond acceptors (Lipinski definition) is 4.